The number of thioether (sulfide) groups is 1. The van der Waals surface area contributed by atoms with Crippen molar-refractivity contribution in [2.75, 3.05) is 12.0 Å². The van der Waals surface area contributed by atoms with Gasteiger partial charge >= 0.3 is 0 Å². The fourth-order valence-electron chi connectivity index (χ4n) is 1.39. The van der Waals surface area contributed by atoms with Crippen LogP contribution in [-0.4, -0.2) is 18.1 Å². The lowest BCUT2D eigenvalue weighted by atomic mass is 10.2. The Morgan fingerprint density at radius 3 is 2.53 bits per heavy atom. The van der Waals surface area contributed by atoms with Crippen molar-refractivity contribution >= 4 is 34.4 Å². The van der Waals surface area contributed by atoms with Crippen molar-refractivity contribution < 1.29 is 0 Å². The Morgan fingerprint density at radius 1 is 1.33 bits per heavy atom. The van der Waals surface area contributed by atoms with Crippen molar-refractivity contribution in [3.05, 3.63) is 33.4 Å². The molecule has 3 heteroatoms. The van der Waals surface area contributed by atoms with Crippen molar-refractivity contribution in [1.82, 2.24) is 5.32 Å². The SMILES string of the molecule is CCC(CSC)NCc1ccc(I)cc1. The van der Waals surface area contributed by atoms with Gasteiger partial charge in [-0.1, -0.05) is 19.1 Å². The second-order valence-corrected chi connectivity index (χ2v) is 5.72. The maximum Gasteiger partial charge on any atom is 0.0208 e. The van der Waals surface area contributed by atoms with Crippen LogP contribution in [0, 0.1) is 3.57 Å². The van der Waals surface area contributed by atoms with Crippen LogP contribution < -0.4 is 5.32 Å². The molecule has 0 saturated heterocycles. The molecule has 0 fully saturated rings. The average molecular weight is 335 g/mol. The van der Waals surface area contributed by atoms with Crippen molar-refractivity contribution in [2.45, 2.75) is 25.9 Å². The first-order valence-electron chi connectivity index (χ1n) is 5.23. The van der Waals surface area contributed by atoms with E-state index in [4.69, 9.17) is 0 Å². The molecule has 0 radical (unpaired) electrons. The van der Waals surface area contributed by atoms with Gasteiger partial charge in [0, 0.05) is 21.9 Å². The predicted octanol–water partition coefficient (Wildman–Crippen LogP) is 3.52. The number of hydrogen-bond acceptors (Lipinski definition) is 2. The van der Waals surface area contributed by atoms with Gasteiger partial charge in [-0.2, -0.15) is 11.8 Å². The number of hydrogen-bond donors (Lipinski definition) is 1. The third kappa shape index (κ3) is 5.22. The summed E-state index contributed by atoms with van der Waals surface area (Å²) in [5, 5.41) is 3.58. The topological polar surface area (TPSA) is 12.0 Å². The molecule has 1 aromatic carbocycles. The van der Waals surface area contributed by atoms with Crippen LogP contribution in [-0.2, 0) is 6.54 Å². The van der Waals surface area contributed by atoms with Crippen LogP contribution in [0.15, 0.2) is 24.3 Å². The van der Waals surface area contributed by atoms with Gasteiger partial charge in [-0.15, -0.1) is 0 Å². The first-order valence-corrected chi connectivity index (χ1v) is 7.70. The summed E-state index contributed by atoms with van der Waals surface area (Å²) in [7, 11) is 0. The fraction of sp³-hybridized carbons (Fsp3) is 0.500. The zero-order chi connectivity index (χ0) is 11.1. The molecule has 1 rings (SSSR count). The van der Waals surface area contributed by atoms with E-state index in [-0.39, 0.29) is 0 Å². The van der Waals surface area contributed by atoms with Crippen molar-refractivity contribution in [2.24, 2.45) is 0 Å². The summed E-state index contributed by atoms with van der Waals surface area (Å²) in [5.74, 6) is 1.20. The summed E-state index contributed by atoms with van der Waals surface area (Å²) < 4.78 is 1.30. The minimum absolute atomic E-state index is 0.638. The zero-order valence-corrected chi connectivity index (χ0v) is 12.3. The van der Waals surface area contributed by atoms with E-state index >= 15 is 0 Å². The van der Waals surface area contributed by atoms with E-state index in [9.17, 15) is 0 Å². The summed E-state index contributed by atoms with van der Waals surface area (Å²) in [6.07, 6.45) is 3.36. The van der Waals surface area contributed by atoms with E-state index in [1.807, 2.05) is 11.8 Å². The monoisotopic (exact) mass is 335 g/mol. The maximum atomic E-state index is 3.58. The quantitative estimate of drug-likeness (QED) is 0.799. The third-order valence-corrected chi connectivity index (χ3v) is 3.82. The molecule has 84 valence electrons. The Bertz CT molecular complexity index is 273. The van der Waals surface area contributed by atoms with E-state index in [2.05, 4.69) is 65.4 Å². The van der Waals surface area contributed by atoms with Gasteiger partial charge in [-0.05, 0) is 53.0 Å². The van der Waals surface area contributed by atoms with Crippen molar-refractivity contribution in [1.29, 1.82) is 0 Å². The molecule has 0 saturated carbocycles. The molecular formula is C12H18INS. The number of benzene rings is 1. The predicted molar refractivity (Wildman–Crippen MR) is 78.5 cm³/mol. The molecule has 1 unspecified atom stereocenters. The Morgan fingerprint density at radius 2 is 2.00 bits per heavy atom. The summed E-state index contributed by atoms with van der Waals surface area (Å²) in [4.78, 5) is 0. The Balaban J connectivity index is 2.38. The number of halogens is 1. The van der Waals surface area contributed by atoms with Crippen LogP contribution >= 0.6 is 34.4 Å². The summed E-state index contributed by atoms with van der Waals surface area (Å²) in [6.45, 7) is 3.22. The second-order valence-electron chi connectivity index (χ2n) is 3.57. The Labute approximate surface area is 111 Å². The van der Waals surface area contributed by atoms with Gasteiger partial charge in [0.15, 0.2) is 0 Å². The summed E-state index contributed by atoms with van der Waals surface area (Å²) in [6, 6.07) is 9.35. The molecule has 0 amide bonds. The molecule has 0 aliphatic rings. The minimum atomic E-state index is 0.638. The first kappa shape index (κ1) is 13.3. The molecule has 0 heterocycles. The average Bonchev–Trinajstić information content (AvgIpc) is 2.26. The Kier molecular flexibility index (Phi) is 6.68. The van der Waals surface area contributed by atoms with Gasteiger partial charge in [-0.3, -0.25) is 0 Å². The molecule has 0 spiro atoms. The van der Waals surface area contributed by atoms with Crippen LogP contribution in [0.4, 0.5) is 0 Å². The van der Waals surface area contributed by atoms with Crippen LogP contribution in [0.3, 0.4) is 0 Å². The number of rotatable bonds is 6. The lowest BCUT2D eigenvalue weighted by Crippen LogP contribution is -2.30. The van der Waals surface area contributed by atoms with Crippen molar-refractivity contribution in [3.8, 4) is 0 Å². The molecule has 1 N–H and O–H groups in total. The highest BCUT2D eigenvalue weighted by atomic mass is 127. The van der Waals surface area contributed by atoms with Crippen LogP contribution in [0.25, 0.3) is 0 Å². The van der Waals surface area contributed by atoms with Gasteiger partial charge in [0.1, 0.15) is 0 Å². The van der Waals surface area contributed by atoms with Gasteiger partial charge in [0.2, 0.25) is 0 Å². The molecule has 0 aromatic heterocycles. The van der Waals surface area contributed by atoms with E-state index in [0.29, 0.717) is 6.04 Å². The van der Waals surface area contributed by atoms with E-state index in [1.165, 1.54) is 21.3 Å². The van der Waals surface area contributed by atoms with Gasteiger partial charge in [0.25, 0.3) is 0 Å². The lowest BCUT2D eigenvalue weighted by molar-refractivity contribution is 0.541. The molecule has 0 aliphatic carbocycles. The largest absolute Gasteiger partial charge is 0.309 e. The standard InChI is InChI=1S/C12H18INS/c1-3-12(9-15-2)14-8-10-4-6-11(13)7-5-10/h4-7,12,14H,3,8-9H2,1-2H3. The van der Waals surface area contributed by atoms with E-state index in [0.717, 1.165) is 6.54 Å². The highest BCUT2D eigenvalue weighted by Gasteiger charge is 2.03. The third-order valence-electron chi connectivity index (χ3n) is 2.37. The van der Waals surface area contributed by atoms with Gasteiger partial charge in [-0.25, -0.2) is 0 Å². The molecule has 1 aromatic rings. The molecule has 0 aliphatic heterocycles. The van der Waals surface area contributed by atoms with E-state index < -0.39 is 0 Å². The fourth-order valence-corrected chi connectivity index (χ4v) is 2.50. The normalized spacial score (nSPS) is 12.7. The van der Waals surface area contributed by atoms with Gasteiger partial charge in [0.05, 0.1) is 0 Å². The summed E-state index contributed by atoms with van der Waals surface area (Å²) >= 11 is 4.24. The van der Waals surface area contributed by atoms with Gasteiger partial charge < -0.3 is 5.32 Å². The molecule has 0 bridgehead atoms. The number of nitrogens with one attached hydrogen (secondary N) is 1. The minimum Gasteiger partial charge on any atom is -0.309 e. The lowest BCUT2D eigenvalue weighted by Gasteiger charge is -2.15. The highest BCUT2D eigenvalue weighted by Crippen LogP contribution is 2.08. The molecule has 1 atom stereocenters. The maximum absolute atomic E-state index is 3.58. The van der Waals surface area contributed by atoms with E-state index in [1.54, 1.807) is 0 Å². The summed E-state index contributed by atoms with van der Waals surface area (Å²) in [5.41, 5.74) is 1.37. The molecular weight excluding hydrogens is 317 g/mol. The second kappa shape index (κ2) is 7.52. The van der Waals surface area contributed by atoms with Crippen molar-refractivity contribution in [3.63, 3.8) is 0 Å². The molecule has 1 nitrogen and oxygen atoms in total. The highest BCUT2D eigenvalue weighted by molar-refractivity contribution is 14.1. The van der Waals surface area contributed by atoms with Crippen LogP contribution in [0.2, 0.25) is 0 Å². The first-order chi connectivity index (χ1) is 7.26. The van der Waals surface area contributed by atoms with Crippen LogP contribution in [0.1, 0.15) is 18.9 Å². The zero-order valence-electron chi connectivity index (χ0n) is 9.29. The molecule has 15 heavy (non-hydrogen) atoms. The Hall–Kier alpha value is 0.260. The van der Waals surface area contributed by atoms with Crippen LogP contribution in [0.5, 0.6) is 0 Å². The smallest absolute Gasteiger partial charge is 0.0208 e.